The second kappa shape index (κ2) is 6.94. The predicted molar refractivity (Wildman–Crippen MR) is 95.1 cm³/mol. The molecule has 0 unspecified atom stereocenters. The Hall–Kier alpha value is -2.87. The Morgan fingerprint density at radius 3 is 2.72 bits per heavy atom. The maximum atomic E-state index is 12.6. The van der Waals surface area contributed by atoms with E-state index in [-0.39, 0.29) is 17.0 Å². The van der Waals surface area contributed by atoms with Crippen LogP contribution in [-0.2, 0) is 24.2 Å². The van der Waals surface area contributed by atoms with Gasteiger partial charge in [-0.3, -0.25) is 9.59 Å². The summed E-state index contributed by atoms with van der Waals surface area (Å²) in [5.74, 6) is 0.109. The molecule has 0 radical (unpaired) electrons. The Kier molecular flexibility index (Phi) is 4.71. The van der Waals surface area contributed by atoms with E-state index in [1.165, 1.54) is 11.1 Å². The van der Waals surface area contributed by atoms with Crippen LogP contribution in [0.5, 0.6) is 0 Å². The SMILES string of the molecule is Cc1[nH]c(=O)c(C#N)c(C)c1CCC(=O)N1CCc2ccccc2C1. The highest BCUT2D eigenvalue weighted by Crippen LogP contribution is 2.20. The minimum Gasteiger partial charge on any atom is -0.338 e. The number of aromatic amines is 1. The summed E-state index contributed by atoms with van der Waals surface area (Å²) in [6, 6.07) is 10.2. The third-order valence-corrected chi connectivity index (χ3v) is 4.99. The number of H-pyrrole nitrogens is 1. The average Bonchev–Trinajstić information content (AvgIpc) is 2.61. The summed E-state index contributed by atoms with van der Waals surface area (Å²) in [6.07, 6.45) is 1.79. The molecule has 1 N–H and O–H groups in total. The lowest BCUT2D eigenvalue weighted by Gasteiger charge is -2.29. The second-order valence-electron chi connectivity index (χ2n) is 6.50. The van der Waals surface area contributed by atoms with Crippen LogP contribution in [0.4, 0.5) is 0 Å². The number of hydrogen-bond acceptors (Lipinski definition) is 3. The lowest BCUT2D eigenvalue weighted by molar-refractivity contribution is -0.132. The first kappa shape index (κ1) is 17.0. The van der Waals surface area contributed by atoms with E-state index in [0.717, 1.165) is 24.2 Å². The fourth-order valence-electron chi connectivity index (χ4n) is 3.52. The van der Waals surface area contributed by atoms with Gasteiger partial charge in [-0.15, -0.1) is 0 Å². The zero-order valence-corrected chi connectivity index (χ0v) is 14.6. The molecule has 5 nitrogen and oxygen atoms in total. The lowest BCUT2D eigenvalue weighted by Crippen LogP contribution is -2.36. The number of aryl methyl sites for hydroxylation is 1. The van der Waals surface area contributed by atoms with Crippen LogP contribution in [0.2, 0.25) is 0 Å². The van der Waals surface area contributed by atoms with Crippen LogP contribution in [0.3, 0.4) is 0 Å². The molecule has 0 spiro atoms. The number of benzene rings is 1. The summed E-state index contributed by atoms with van der Waals surface area (Å²) in [5.41, 5.74) is 4.61. The first-order valence-electron chi connectivity index (χ1n) is 8.48. The summed E-state index contributed by atoms with van der Waals surface area (Å²) in [4.78, 5) is 29.0. The van der Waals surface area contributed by atoms with Crippen LogP contribution in [0.1, 0.15) is 39.9 Å². The van der Waals surface area contributed by atoms with Crippen molar-refractivity contribution in [2.24, 2.45) is 0 Å². The third kappa shape index (κ3) is 3.34. The highest BCUT2D eigenvalue weighted by atomic mass is 16.2. The number of hydrogen-bond donors (Lipinski definition) is 1. The molecule has 3 rings (SSSR count). The number of carbonyl (C=O) groups excluding carboxylic acids is 1. The molecule has 0 aliphatic carbocycles. The summed E-state index contributed by atoms with van der Waals surface area (Å²) >= 11 is 0. The van der Waals surface area contributed by atoms with Crippen LogP contribution >= 0.6 is 0 Å². The van der Waals surface area contributed by atoms with E-state index in [9.17, 15) is 9.59 Å². The normalized spacial score (nSPS) is 13.2. The van der Waals surface area contributed by atoms with Crippen LogP contribution < -0.4 is 5.56 Å². The van der Waals surface area contributed by atoms with Gasteiger partial charge in [0, 0.05) is 25.2 Å². The molecular formula is C20H21N3O2. The monoisotopic (exact) mass is 335 g/mol. The van der Waals surface area contributed by atoms with E-state index in [0.29, 0.717) is 24.9 Å². The molecule has 128 valence electrons. The number of amides is 1. The number of rotatable bonds is 3. The molecule has 5 heteroatoms. The van der Waals surface area contributed by atoms with Crippen molar-refractivity contribution in [2.45, 2.75) is 39.7 Å². The molecule has 25 heavy (non-hydrogen) atoms. The molecule has 0 saturated carbocycles. The van der Waals surface area contributed by atoms with Crippen LogP contribution in [0.25, 0.3) is 0 Å². The van der Waals surface area contributed by atoms with Crippen LogP contribution in [0.15, 0.2) is 29.1 Å². The van der Waals surface area contributed by atoms with Gasteiger partial charge < -0.3 is 9.88 Å². The van der Waals surface area contributed by atoms with Crippen molar-refractivity contribution >= 4 is 5.91 Å². The van der Waals surface area contributed by atoms with Crippen molar-refractivity contribution in [1.82, 2.24) is 9.88 Å². The minimum absolute atomic E-state index is 0.109. The van der Waals surface area contributed by atoms with Gasteiger partial charge in [0.05, 0.1) is 0 Å². The zero-order chi connectivity index (χ0) is 18.0. The molecule has 1 aliphatic heterocycles. The molecule has 0 bridgehead atoms. The van der Waals surface area contributed by atoms with Gasteiger partial charge in [0.25, 0.3) is 5.56 Å². The van der Waals surface area contributed by atoms with E-state index in [1.807, 2.05) is 30.0 Å². The summed E-state index contributed by atoms with van der Waals surface area (Å²) in [6.45, 7) is 4.98. The Balaban J connectivity index is 1.72. The number of pyridine rings is 1. The summed E-state index contributed by atoms with van der Waals surface area (Å²) < 4.78 is 0. The molecule has 1 aliphatic rings. The largest absolute Gasteiger partial charge is 0.338 e. The van der Waals surface area contributed by atoms with Gasteiger partial charge in [-0.05, 0) is 48.9 Å². The Morgan fingerprint density at radius 1 is 1.28 bits per heavy atom. The van der Waals surface area contributed by atoms with E-state index in [4.69, 9.17) is 5.26 Å². The second-order valence-corrected chi connectivity index (χ2v) is 6.50. The highest BCUT2D eigenvalue weighted by Gasteiger charge is 2.21. The quantitative estimate of drug-likeness (QED) is 0.935. The van der Waals surface area contributed by atoms with Crippen LogP contribution in [0, 0.1) is 25.2 Å². The number of nitrogens with zero attached hydrogens (tertiary/aromatic N) is 2. The third-order valence-electron chi connectivity index (χ3n) is 4.99. The first-order valence-corrected chi connectivity index (χ1v) is 8.48. The van der Waals surface area contributed by atoms with E-state index in [2.05, 4.69) is 17.1 Å². The Labute approximate surface area is 146 Å². The van der Waals surface area contributed by atoms with E-state index < -0.39 is 0 Å². The summed E-state index contributed by atoms with van der Waals surface area (Å²) in [7, 11) is 0. The fourth-order valence-corrected chi connectivity index (χ4v) is 3.52. The first-order chi connectivity index (χ1) is 12.0. The maximum Gasteiger partial charge on any atom is 0.266 e. The van der Waals surface area contributed by atoms with Crippen molar-refractivity contribution < 1.29 is 4.79 Å². The number of fused-ring (bicyclic) bond motifs is 1. The van der Waals surface area contributed by atoms with Gasteiger partial charge >= 0.3 is 0 Å². The molecule has 0 saturated heterocycles. The topological polar surface area (TPSA) is 77.0 Å². The molecule has 1 aromatic carbocycles. The standard InChI is InChI=1S/C20H21N3O2/c1-13-17(14(2)22-20(25)18(13)11-21)7-8-19(24)23-10-9-15-5-3-4-6-16(15)12-23/h3-6H,7-10,12H2,1-2H3,(H,22,25). The number of aromatic nitrogens is 1. The van der Waals surface area contributed by atoms with Crippen molar-refractivity contribution in [3.05, 3.63) is 68.1 Å². The number of carbonyl (C=O) groups is 1. The molecule has 2 aromatic rings. The molecule has 2 heterocycles. The van der Waals surface area contributed by atoms with Crippen molar-refractivity contribution in [2.75, 3.05) is 6.54 Å². The van der Waals surface area contributed by atoms with Gasteiger partial charge in [0.15, 0.2) is 0 Å². The maximum absolute atomic E-state index is 12.6. The Morgan fingerprint density at radius 2 is 2.00 bits per heavy atom. The molecule has 1 aromatic heterocycles. The van der Waals surface area contributed by atoms with E-state index in [1.54, 1.807) is 6.92 Å². The smallest absolute Gasteiger partial charge is 0.266 e. The zero-order valence-electron chi connectivity index (χ0n) is 14.6. The van der Waals surface area contributed by atoms with Crippen molar-refractivity contribution in [1.29, 1.82) is 5.26 Å². The number of nitrogens with one attached hydrogen (secondary N) is 1. The molecule has 0 atom stereocenters. The highest BCUT2D eigenvalue weighted by molar-refractivity contribution is 5.77. The molecule has 1 amide bonds. The lowest BCUT2D eigenvalue weighted by atomic mass is 9.97. The van der Waals surface area contributed by atoms with Crippen LogP contribution in [-0.4, -0.2) is 22.3 Å². The van der Waals surface area contributed by atoms with Gasteiger partial charge in [-0.1, -0.05) is 24.3 Å². The minimum atomic E-state index is -0.361. The number of nitriles is 1. The van der Waals surface area contributed by atoms with Gasteiger partial charge in [-0.2, -0.15) is 5.26 Å². The van der Waals surface area contributed by atoms with Gasteiger partial charge in [0.2, 0.25) is 5.91 Å². The van der Waals surface area contributed by atoms with E-state index >= 15 is 0 Å². The summed E-state index contributed by atoms with van der Waals surface area (Å²) in [5, 5.41) is 9.14. The molecule has 0 fully saturated rings. The molecular weight excluding hydrogens is 314 g/mol. The average molecular weight is 335 g/mol. The fraction of sp³-hybridized carbons (Fsp3) is 0.350. The van der Waals surface area contributed by atoms with Gasteiger partial charge in [0.1, 0.15) is 11.6 Å². The Bertz CT molecular complexity index is 922. The van der Waals surface area contributed by atoms with Gasteiger partial charge in [-0.25, -0.2) is 0 Å². The predicted octanol–water partition coefficient (Wildman–Crippen LogP) is 2.38. The van der Waals surface area contributed by atoms with Crippen molar-refractivity contribution in [3.8, 4) is 6.07 Å². The van der Waals surface area contributed by atoms with Crippen molar-refractivity contribution in [3.63, 3.8) is 0 Å².